The van der Waals surface area contributed by atoms with Gasteiger partial charge in [-0.1, -0.05) is 5.16 Å². The maximum atomic E-state index is 12.2. The number of carbonyl (C=O) groups excluding carboxylic acids is 3. The summed E-state index contributed by atoms with van der Waals surface area (Å²) in [6.45, 7) is 5.66. The molecule has 0 spiro atoms. The minimum atomic E-state index is -0.952. The van der Waals surface area contributed by atoms with E-state index in [9.17, 15) is 14.4 Å². The number of carbonyl (C=O) groups is 3. The largest absolute Gasteiger partial charge is 0.452 e. The molecule has 0 aromatic carbocycles. The van der Waals surface area contributed by atoms with Crippen molar-refractivity contribution < 1.29 is 23.6 Å². The van der Waals surface area contributed by atoms with E-state index in [1.165, 1.54) is 13.8 Å². The van der Waals surface area contributed by atoms with Gasteiger partial charge in [-0.15, -0.1) is 0 Å². The normalized spacial score (nSPS) is 19.1. The number of nitrogens with zero attached hydrogens (tertiary/aromatic N) is 2. The van der Waals surface area contributed by atoms with Crippen molar-refractivity contribution in [3.63, 3.8) is 0 Å². The molecule has 8 heteroatoms. The van der Waals surface area contributed by atoms with E-state index in [1.54, 1.807) is 17.9 Å². The van der Waals surface area contributed by atoms with Crippen LogP contribution in [0.1, 0.15) is 32.4 Å². The Labute approximate surface area is 134 Å². The van der Waals surface area contributed by atoms with Crippen LogP contribution < -0.4 is 5.32 Å². The maximum Gasteiger partial charge on any atom is 0.311 e. The molecule has 0 radical (unpaired) electrons. The standard InChI is InChI=1S/C15H21N3O5/c1-9-7-13(17-23-9)16-14(20)10(2)22-15(21)12-5-4-6-18(8-12)11(3)19/h7,10,12H,4-6,8H2,1-3H3,(H,16,17,20)/t10-,12+/m1/s1. The predicted octanol–water partition coefficient (Wildman–Crippen LogP) is 1.11. The molecular formula is C15H21N3O5. The number of anilines is 1. The molecule has 0 saturated carbocycles. The predicted molar refractivity (Wildman–Crippen MR) is 80.4 cm³/mol. The molecule has 1 aromatic rings. The quantitative estimate of drug-likeness (QED) is 0.833. The van der Waals surface area contributed by atoms with Gasteiger partial charge in [0.1, 0.15) is 5.76 Å². The molecule has 0 unspecified atom stereocenters. The molecule has 1 N–H and O–H groups in total. The average molecular weight is 323 g/mol. The third-order valence-electron chi connectivity index (χ3n) is 3.74. The van der Waals surface area contributed by atoms with Gasteiger partial charge in [0, 0.05) is 26.1 Å². The number of likely N-dealkylation sites (tertiary alicyclic amines) is 1. The summed E-state index contributed by atoms with van der Waals surface area (Å²) in [5.41, 5.74) is 0. The van der Waals surface area contributed by atoms with Crippen LogP contribution in [0.4, 0.5) is 5.82 Å². The number of piperidine rings is 1. The summed E-state index contributed by atoms with van der Waals surface area (Å²) in [5, 5.41) is 6.16. The van der Waals surface area contributed by atoms with Gasteiger partial charge in [-0.25, -0.2) is 0 Å². The van der Waals surface area contributed by atoms with Crippen LogP contribution in [0.2, 0.25) is 0 Å². The Balaban J connectivity index is 1.86. The van der Waals surface area contributed by atoms with Gasteiger partial charge in [-0.3, -0.25) is 14.4 Å². The lowest BCUT2D eigenvalue weighted by atomic mass is 9.98. The van der Waals surface area contributed by atoms with E-state index in [2.05, 4.69) is 10.5 Å². The summed E-state index contributed by atoms with van der Waals surface area (Å²) in [6.07, 6.45) is 0.449. The lowest BCUT2D eigenvalue weighted by Crippen LogP contribution is -2.43. The molecule has 1 saturated heterocycles. The highest BCUT2D eigenvalue weighted by Gasteiger charge is 2.30. The van der Waals surface area contributed by atoms with Crippen LogP contribution >= 0.6 is 0 Å². The van der Waals surface area contributed by atoms with Gasteiger partial charge in [-0.2, -0.15) is 0 Å². The Kier molecular flexibility index (Phi) is 5.36. The van der Waals surface area contributed by atoms with Crippen molar-refractivity contribution >= 4 is 23.6 Å². The number of aryl methyl sites for hydroxylation is 1. The number of esters is 1. The smallest absolute Gasteiger partial charge is 0.311 e. The molecule has 8 nitrogen and oxygen atoms in total. The zero-order valence-electron chi connectivity index (χ0n) is 13.5. The van der Waals surface area contributed by atoms with E-state index >= 15 is 0 Å². The summed E-state index contributed by atoms with van der Waals surface area (Å²) in [4.78, 5) is 37.2. The number of hydrogen-bond donors (Lipinski definition) is 1. The molecular weight excluding hydrogens is 302 g/mol. The van der Waals surface area contributed by atoms with Gasteiger partial charge in [0.15, 0.2) is 11.9 Å². The zero-order chi connectivity index (χ0) is 17.0. The first kappa shape index (κ1) is 17.0. The first-order valence-electron chi connectivity index (χ1n) is 7.57. The van der Waals surface area contributed by atoms with E-state index in [0.29, 0.717) is 25.3 Å². The van der Waals surface area contributed by atoms with Crippen LogP contribution in [0.5, 0.6) is 0 Å². The molecule has 2 amide bonds. The van der Waals surface area contributed by atoms with Gasteiger partial charge in [-0.05, 0) is 26.7 Å². The minimum Gasteiger partial charge on any atom is -0.452 e. The molecule has 1 aliphatic heterocycles. The lowest BCUT2D eigenvalue weighted by molar-refractivity contribution is -0.159. The van der Waals surface area contributed by atoms with Crippen LogP contribution in [0.25, 0.3) is 0 Å². The number of ether oxygens (including phenoxy) is 1. The fourth-order valence-corrected chi connectivity index (χ4v) is 2.43. The molecule has 1 fully saturated rings. The van der Waals surface area contributed by atoms with E-state index in [0.717, 1.165) is 6.42 Å². The van der Waals surface area contributed by atoms with Crippen molar-refractivity contribution in [3.8, 4) is 0 Å². The zero-order valence-corrected chi connectivity index (χ0v) is 13.5. The van der Waals surface area contributed by atoms with Crippen molar-refractivity contribution in [2.45, 2.75) is 39.7 Å². The summed E-state index contributed by atoms with van der Waals surface area (Å²) >= 11 is 0. The topological polar surface area (TPSA) is 102 Å². The Morgan fingerprint density at radius 1 is 1.48 bits per heavy atom. The Hall–Kier alpha value is -2.38. The van der Waals surface area contributed by atoms with Crippen molar-refractivity contribution in [1.29, 1.82) is 0 Å². The van der Waals surface area contributed by atoms with Crippen LogP contribution in [-0.4, -0.2) is 47.0 Å². The maximum absolute atomic E-state index is 12.2. The summed E-state index contributed by atoms with van der Waals surface area (Å²) in [7, 11) is 0. The highest BCUT2D eigenvalue weighted by molar-refractivity contribution is 5.94. The fraction of sp³-hybridized carbons (Fsp3) is 0.600. The molecule has 2 rings (SSSR count). The Morgan fingerprint density at radius 3 is 2.83 bits per heavy atom. The first-order valence-corrected chi connectivity index (χ1v) is 7.57. The van der Waals surface area contributed by atoms with Crippen molar-refractivity contribution in [1.82, 2.24) is 10.1 Å². The highest BCUT2D eigenvalue weighted by atomic mass is 16.5. The van der Waals surface area contributed by atoms with Crippen molar-refractivity contribution in [3.05, 3.63) is 11.8 Å². The molecule has 2 atom stereocenters. The molecule has 2 heterocycles. The SMILES string of the molecule is CC(=O)N1CCC[C@H](C(=O)O[C@H](C)C(=O)Nc2cc(C)on2)C1. The van der Waals surface area contributed by atoms with Gasteiger partial charge in [0.05, 0.1) is 5.92 Å². The molecule has 0 aliphatic carbocycles. The number of amides is 2. The van der Waals surface area contributed by atoms with Gasteiger partial charge in [0.25, 0.3) is 5.91 Å². The highest BCUT2D eigenvalue weighted by Crippen LogP contribution is 2.19. The van der Waals surface area contributed by atoms with E-state index < -0.39 is 23.9 Å². The molecule has 1 aromatic heterocycles. The lowest BCUT2D eigenvalue weighted by Gasteiger charge is -2.31. The van der Waals surface area contributed by atoms with Gasteiger partial charge in [0.2, 0.25) is 5.91 Å². The molecule has 23 heavy (non-hydrogen) atoms. The van der Waals surface area contributed by atoms with Crippen LogP contribution in [0.15, 0.2) is 10.6 Å². The number of rotatable bonds is 4. The fourth-order valence-electron chi connectivity index (χ4n) is 2.43. The summed E-state index contributed by atoms with van der Waals surface area (Å²) in [6, 6.07) is 1.57. The van der Waals surface area contributed by atoms with Crippen LogP contribution in [-0.2, 0) is 19.1 Å². The van der Waals surface area contributed by atoms with Crippen LogP contribution in [0, 0.1) is 12.8 Å². The van der Waals surface area contributed by atoms with Gasteiger partial charge < -0.3 is 19.5 Å². The second kappa shape index (κ2) is 7.26. The Bertz CT molecular complexity index is 598. The summed E-state index contributed by atoms with van der Waals surface area (Å²) in [5.74, 6) is -0.556. The molecule has 0 bridgehead atoms. The minimum absolute atomic E-state index is 0.0605. The number of nitrogens with one attached hydrogen (secondary N) is 1. The van der Waals surface area contributed by atoms with E-state index in [4.69, 9.17) is 9.26 Å². The number of hydrogen-bond acceptors (Lipinski definition) is 6. The average Bonchev–Trinajstić information content (AvgIpc) is 2.92. The first-order chi connectivity index (χ1) is 10.9. The third kappa shape index (κ3) is 4.54. The van der Waals surface area contributed by atoms with Crippen molar-refractivity contribution in [2.75, 3.05) is 18.4 Å². The second-order valence-corrected chi connectivity index (χ2v) is 5.70. The molecule has 126 valence electrons. The summed E-state index contributed by atoms with van der Waals surface area (Å²) < 4.78 is 10.1. The van der Waals surface area contributed by atoms with E-state index in [-0.39, 0.29) is 11.7 Å². The monoisotopic (exact) mass is 323 g/mol. The Morgan fingerprint density at radius 2 is 2.22 bits per heavy atom. The van der Waals surface area contributed by atoms with Crippen LogP contribution in [0.3, 0.4) is 0 Å². The third-order valence-corrected chi connectivity index (χ3v) is 3.74. The van der Waals surface area contributed by atoms with Gasteiger partial charge >= 0.3 is 5.97 Å². The number of aromatic nitrogens is 1. The van der Waals surface area contributed by atoms with E-state index in [1.807, 2.05) is 0 Å². The van der Waals surface area contributed by atoms with Crippen molar-refractivity contribution in [2.24, 2.45) is 5.92 Å². The second-order valence-electron chi connectivity index (χ2n) is 5.70. The molecule has 1 aliphatic rings.